The van der Waals surface area contributed by atoms with Gasteiger partial charge in [0.25, 0.3) is 0 Å². The van der Waals surface area contributed by atoms with E-state index in [9.17, 15) is 22.0 Å². The molecular formula is C23H25F5O. The molecule has 6 heteroatoms. The van der Waals surface area contributed by atoms with Crippen LogP contribution in [0.4, 0.5) is 22.0 Å². The minimum absolute atomic E-state index is 0.291. The highest BCUT2D eigenvalue weighted by Gasteiger charge is 2.41. The van der Waals surface area contributed by atoms with Crippen LogP contribution in [0.1, 0.15) is 54.9 Å². The topological polar surface area (TPSA) is 9.23 Å². The van der Waals surface area contributed by atoms with E-state index in [1.54, 1.807) is 0 Å². The lowest BCUT2D eigenvalue weighted by atomic mass is 9.80. The molecule has 0 aromatic heterocycles. The Morgan fingerprint density at radius 1 is 0.897 bits per heavy atom. The third-order valence-corrected chi connectivity index (χ3v) is 5.88. The monoisotopic (exact) mass is 412 g/mol. The summed E-state index contributed by atoms with van der Waals surface area (Å²) in [4.78, 5) is 0. The first-order valence-corrected chi connectivity index (χ1v) is 9.88. The fourth-order valence-corrected chi connectivity index (χ4v) is 3.93. The molecule has 1 nitrogen and oxygen atoms in total. The van der Waals surface area contributed by atoms with Gasteiger partial charge in [-0.1, -0.05) is 19.8 Å². The lowest BCUT2D eigenvalue weighted by Gasteiger charge is -2.26. The molecule has 0 radical (unpaired) electrons. The van der Waals surface area contributed by atoms with E-state index in [1.807, 2.05) is 0 Å². The van der Waals surface area contributed by atoms with Crippen molar-refractivity contribution in [1.29, 1.82) is 0 Å². The van der Waals surface area contributed by atoms with Crippen molar-refractivity contribution in [3.05, 3.63) is 64.0 Å². The molecule has 0 N–H and O–H groups in total. The first kappa shape index (κ1) is 21.6. The van der Waals surface area contributed by atoms with Crippen molar-refractivity contribution in [2.45, 2.75) is 59.0 Å². The number of rotatable bonds is 5. The third kappa shape index (κ3) is 4.90. The van der Waals surface area contributed by atoms with Gasteiger partial charge in [-0.2, -0.15) is 8.78 Å². The van der Waals surface area contributed by atoms with Crippen molar-refractivity contribution < 1.29 is 26.7 Å². The predicted molar refractivity (Wildman–Crippen MR) is 102 cm³/mol. The molecule has 1 aliphatic carbocycles. The Morgan fingerprint density at radius 2 is 1.48 bits per heavy atom. The number of ether oxygens (including phenoxy) is 1. The van der Waals surface area contributed by atoms with Crippen molar-refractivity contribution in [2.24, 2.45) is 11.8 Å². The summed E-state index contributed by atoms with van der Waals surface area (Å²) in [6.07, 6.45) is 0.225. The van der Waals surface area contributed by atoms with Gasteiger partial charge >= 0.3 is 6.11 Å². The number of halogens is 5. The van der Waals surface area contributed by atoms with Crippen LogP contribution in [-0.2, 0) is 12.5 Å². The predicted octanol–water partition coefficient (Wildman–Crippen LogP) is 7.22. The van der Waals surface area contributed by atoms with Crippen LogP contribution >= 0.6 is 0 Å². The molecule has 0 amide bonds. The van der Waals surface area contributed by atoms with E-state index in [0.29, 0.717) is 34.9 Å². The van der Waals surface area contributed by atoms with Crippen LogP contribution in [0.25, 0.3) is 0 Å². The summed E-state index contributed by atoms with van der Waals surface area (Å²) in [5.41, 5.74) is -0.415. The molecule has 0 bridgehead atoms. The van der Waals surface area contributed by atoms with E-state index < -0.39 is 34.9 Å². The fourth-order valence-electron chi connectivity index (χ4n) is 3.93. The van der Waals surface area contributed by atoms with E-state index in [0.717, 1.165) is 43.9 Å². The van der Waals surface area contributed by atoms with Gasteiger partial charge < -0.3 is 4.74 Å². The van der Waals surface area contributed by atoms with E-state index in [2.05, 4.69) is 11.7 Å². The second-order valence-corrected chi connectivity index (χ2v) is 8.23. The average molecular weight is 412 g/mol. The van der Waals surface area contributed by atoms with E-state index in [-0.39, 0.29) is 0 Å². The van der Waals surface area contributed by atoms with Crippen molar-refractivity contribution in [3.63, 3.8) is 0 Å². The van der Waals surface area contributed by atoms with Gasteiger partial charge in [0.15, 0.2) is 0 Å². The van der Waals surface area contributed by atoms with Gasteiger partial charge in [0.2, 0.25) is 0 Å². The Labute approximate surface area is 167 Å². The first-order valence-electron chi connectivity index (χ1n) is 9.88. The van der Waals surface area contributed by atoms with Gasteiger partial charge in [-0.3, -0.25) is 0 Å². The largest absolute Gasteiger partial charge is 0.432 e. The molecule has 158 valence electrons. The minimum atomic E-state index is -4.28. The van der Waals surface area contributed by atoms with Crippen LogP contribution in [0.15, 0.2) is 24.3 Å². The zero-order valence-electron chi connectivity index (χ0n) is 16.8. The summed E-state index contributed by atoms with van der Waals surface area (Å²) in [5.74, 6) is -3.00. The van der Waals surface area contributed by atoms with E-state index >= 15 is 0 Å². The normalized spacial score (nSPS) is 20.0. The van der Waals surface area contributed by atoms with Crippen molar-refractivity contribution in [2.75, 3.05) is 0 Å². The maximum absolute atomic E-state index is 14.5. The summed E-state index contributed by atoms with van der Waals surface area (Å²) in [6, 6.07) is 3.90. The zero-order chi connectivity index (χ0) is 21.3. The van der Waals surface area contributed by atoms with Gasteiger partial charge in [0, 0.05) is 6.07 Å². The molecule has 1 fully saturated rings. The first-order chi connectivity index (χ1) is 13.6. The molecule has 0 heterocycles. The van der Waals surface area contributed by atoms with Crippen molar-refractivity contribution in [3.8, 4) is 5.75 Å². The third-order valence-electron chi connectivity index (χ3n) is 5.88. The molecule has 0 aliphatic heterocycles. The average Bonchev–Trinajstić information content (AvgIpc) is 2.60. The number of hydrogen-bond donors (Lipinski definition) is 0. The number of benzene rings is 2. The lowest BCUT2D eigenvalue weighted by Crippen LogP contribution is -2.25. The lowest BCUT2D eigenvalue weighted by molar-refractivity contribution is -0.189. The van der Waals surface area contributed by atoms with E-state index in [1.165, 1.54) is 19.9 Å². The number of alkyl halides is 2. The Morgan fingerprint density at radius 3 is 2.03 bits per heavy atom. The zero-order valence-corrected chi connectivity index (χ0v) is 16.8. The number of aryl methyl sites for hydroxylation is 1. The molecule has 1 aliphatic rings. The fraction of sp³-hybridized carbons (Fsp3) is 0.478. The van der Waals surface area contributed by atoms with Crippen LogP contribution in [0.5, 0.6) is 5.75 Å². The van der Waals surface area contributed by atoms with Crippen LogP contribution in [0.2, 0.25) is 0 Å². The van der Waals surface area contributed by atoms with Crippen molar-refractivity contribution in [1.82, 2.24) is 0 Å². The maximum atomic E-state index is 14.5. The molecule has 0 atom stereocenters. The molecular weight excluding hydrogens is 387 g/mol. The molecule has 0 spiro atoms. The quantitative estimate of drug-likeness (QED) is 0.471. The molecule has 29 heavy (non-hydrogen) atoms. The number of hydrogen-bond acceptors (Lipinski definition) is 1. The molecule has 0 unspecified atom stereocenters. The molecule has 2 aromatic rings. The van der Waals surface area contributed by atoms with E-state index in [4.69, 9.17) is 0 Å². The SMILES string of the molecule is Cc1cc(OC(F)(F)c2c(F)cc(CC3CCC(C)CC3)cc2F)cc(F)c1C. The van der Waals surface area contributed by atoms with Crippen LogP contribution in [-0.4, -0.2) is 0 Å². The van der Waals surface area contributed by atoms with Crippen LogP contribution in [0.3, 0.4) is 0 Å². The standard InChI is InChI=1S/C23H25F5O/c1-13-4-6-16(7-5-13)9-17-10-20(25)22(21(26)11-17)23(27,28)29-18-8-14(2)15(3)19(24)12-18/h8,10-13,16H,4-7,9H2,1-3H3. The summed E-state index contributed by atoms with van der Waals surface area (Å²) in [5, 5.41) is 0. The summed E-state index contributed by atoms with van der Waals surface area (Å²) < 4.78 is 76.3. The summed E-state index contributed by atoms with van der Waals surface area (Å²) >= 11 is 0. The van der Waals surface area contributed by atoms with Gasteiger partial charge in [-0.15, -0.1) is 0 Å². The Hall–Kier alpha value is -2.11. The highest BCUT2D eigenvalue weighted by atomic mass is 19.3. The minimum Gasteiger partial charge on any atom is -0.429 e. The highest BCUT2D eigenvalue weighted by molar-refractivity contribution is 5.36. The second kappa shape index (κ2) is 8.33. The van der Waals surface area contributed by atoms with Gasteiger partial charge in [-0.25, -0.2) is 13.2 Å². The molecule has 2 aromatic carbocycles. The maximum Gasteiger partial charge on any atom is 0.432 e. The molecule has 3 rings (SSSR count). The Balaban J connectivity index is 1.82. The van der Waals surface area contributed by atoms with Gasteiger partial charge in [0.05, 0.1) is 0 Å². The smallest absolute Gasteiger partial charge is 0.429 e. The van der Waals surface area contributed by atoms with Gasteiger partial charge in [0.1, 0.15) is 28.8 Å². The molecule has 0 saturated heterocycles. The Bertz CT molecular complexity index is 839. The second-order valence-electron chi connectivity index (χ2n) is 8.23. The summed E-state index contributed by atoms with van der Waals surface area (Å²) in [7, 11) is 0. The Kier molecular flexibility index (Phi) is 6.20. The molecule has 1 saturated carbocycles. The van der Waals surface area contributed by atoms with Crippen LogP contribution in [0, 0.1) is 43.1 Å². The van der Waals surface area contributed by atoms with Crippen LogP contribution < -0.4 is 4.74 Å². The highest BCUT2D eigenvalue weighted by Crippen LogP contribution is 2.37. The van der Waals surface area contributed by atoms with Crippen molar-refractivity contribution >= 4 is 0 Å². The summed E-state index contributed by atoms with van der Waals surface area (Å²) in [6.45, 7) is 5.21. The van der Waals surface area contributed by atoms with Gasteiger partial charge in [-0.05, 0) is 79.8 Å².